The molecule has 1 aliphatic heterocycles. The van der Waals surface area contributed by atoms with E-state index in [9.17, 15) is 0 Å². The van der Waals surface area contributed by atoms with Crippen molar-refractivity contribution in [1.82, 2.24) is 15.1 Å². The first-order valence-corrected chi connectivity index (χ1v) is 9.31. The normalized spacial score (nSPS) is 20.4. The zero-order valence-electron chi connectivity index (χ0n) is 13.6. The van der Waals surface area contributed by atoms with Gasteiger partial charge < -0.3 is 10.1 Å². The predicted octanol–water partition coefficient (Wildman–Crippen LogP) is 3.63. The molecule has 1 aromatic heterocycles. The predicted molar refractivity (Wildman–Crippen MR) is 90.2 cm³/mol. The number of hydrogen-bond acceptors (Lipinski definition) is 4. The molecule has 2 unspecified atom stereocenters. The van der Waals surface area contributed by atoms with E-state index in [1.807, 2.05) is 6.20 Å². The molecule has 1 N–H and O–H groups in total. The molecule has 2 atom stereocenters. The van der Waals surface area contributed by atoms with Crippen LogP contribution in [0.25, 0.3) is 0 Å². The van der Waals surface area contributed by atoms with Crippen LogP contribution in [0.2, 0.25) is 0 Å². The Morgan fingerprint density at radius 2 is 2.29 bits per heavy atom. The van der Waals surface area contributed by atoms with Gasteiger partial charge in [0.25, 0.3) is 0 Å². The summed E-state index contributed by atoms with van der Waals surface area (Å²) in [5.74, 6) is 2.21. The molecule has 1 aromatic rings. The van der Waals surface area contributed by atoms with Crippen molar-refractivity contribution < 1.29 is 4.74 Å². The van der Waals surface area contributed by atoms with Crippen molar-refractivity contribution in [1.29, 1.82) is 0 Å². The van der Waals surface area contributed by atoms with E-state index in [0.29, 0.717) is 11.3 Å². The maximum atomic E-state index is 5.59. The lowest BCUT2D eigenvalue weighted by molar-refractivity contribution is 0.381. The zero-order chi connectivity index (χ0) is 15.1. The van der Waals surface area contributed by atoms with E-state index >= 15 is 0 Å². The first-order chi connectivity index (χ1) is 10.3. The Bertz CT molecular complexity index is 416. The fraction of sp³-hybridized carbons (Fsp3) is 0.812. The summed E-state index contributed by atoms with van der Waals surface area (Å²) in [6.45, 7) is 6.42. The van der Waals surface area contributed by atoms with Gasteiger partial charge in [0.15, 0.2) is 5.75 Å². The minimum absolute atomic E-state index is 0.347. The average Bonchev–Trinajstić information content (AvgIpc) is 2.92. The van der Waals surface area contributed by atoms with Gasteiger partial charge in [-0.05, 0) is 38.0 Å². The number of nitrogens with zero attached hydrogens (tertiary/aromatic N) is 2. The summed E-state index contributed by atoms with van der Waals surface area (Å²) < 4.78 is 7.73. The minimum atomic E-state index is 0.347. The molecule has 1 fully saturated rings. The van der Waals surface area contributed by atoms with Crippen LogP contribution in [0.5, 0.6) is 5.75 Å². The van der Waals surface area contributed by atoms with Gasteiger partial charge in [0.05, 0.1) is 25.0 Å². The first-order valence-electron chi connectivity index (χ1n) is 8.26. The summed E-state index contributed by atoms with van der Waals surface area (Å²) >= 11 is 2.11. The summed E-state index contributed by atoms with van der Waals surface area (Å²) in [5.41, 5.74) is 1.24. The number of thioether (sulfide) groups is 1. The second kappa shape index (κ2) is 8.69. The SMILES string of the molecule is CCCNC(c1c(OC)cnn1CCC)C1CCCCS1. The smallest absolute Gasteiger partial charge is 0.161 e. The quantitative estimate of drug-likeness (QED) is 0.796. The third-order valence-corrected chi connectivity index (χ3v) is 5.46. The van der Waals surface area contributed by atoms with Crippen LogP contribution in [0.4, 0.5) is 0 Å². The van der Waals surface area contributed by atoms with Crippen LogP contribution in [0.1, 0.15) is 57.7 Å². The number of aryl methyl sites for hydroxylation is 1. The standard InChI is InChI=1S/C16H29N3OS/c1-4-9-17-15(14-8-6-7-11-21-14)16-13(20-3)12-18-19(16)10-5-2/h12,14-15,17H,4-11H2,1-3H3. The van der Waals surface area contributed by atoms with Gasteiger partial charge in [-0.2, -0.15) is 16.9 Å². The zero-order valence-corrected chi connectivity index (χ0v) is 14.4. The third-order valence-electron chi connectivity index (χ3n) is 4.00. The molecule has 5 heteroatoms. The van der Waals surface area contributed by atoms with E-state index in [-0.39, 0.29) is 0 Å². The van der Waals surface area contributed by atoms with Crippen LogP contribution >= 0.6 is 11.8 Å². The topological polar surface area (TPSA) is 39.1 Å². The molecule has 4 nitrogen and oxygen atoms in total. The van der Waals surface area contributed by atoms with E-state index in [2.05, 4.69) is 40.7 Å². The van der Waals surface area contributed by atoms with Crippen LogP contribution in [-0.2, 0) is 6.54 Å². The lowest BCUT2D eigenvalue weighted by atomic mass is 10.0. The molecule has 0 aromatic carbocycles. The Hall–Kier alpha value is -0.680. The van der Waals surface area contributed by atoms with Crippen molar-refractivity contribution >= 4 is 11.8 Å². The first kappa shape index (κ1) is 16.7. The Morgan fingerprint density at radius 1 is 1.43 bits per heavy atom. The molecule has 21 heavy (non-hydrogen) atoms. The highest BCUT2D eigenvalue weighted by Crippen LogP contribution is 2.38. The number of ether oxygens (including phenoxy) is 1. The summed E-state index contributed by atoms with van der Waals surface area (Å²) in [6, 6.07) is 0.347. The van der Waals surface area contributed by atoms with Crippen molar-refractivity contribution in [3.05, 3.63) is 11.9 Å². The van der Waals surface area contributed by atoms with E-state index < -0.39 is 0 Å². The molecule has 0 spiro atoms. The van der Waals surface area contributed by atoms with Gasteiger partial charge in [-0.3, -0.25) is 4.68 Å². The molecule has 2 heterocycles. The largest absolute Gasteiger partial charge is 0.493 e. The second-order valence-corrected chi connectivity index (χ2v) is 7.01. The molecular formula is C16H29N3OS. The van der Waals surface area contributed by atoms with Crippen LogP contribution in [0, 0.1) is 0 Å². The van der Waals surface area contributed by atoms with Crippen molar-refractivity contribution in [2.24, 2.45) is 0 Å². The highest BCUT2D eigenvalue weighted by atomic mass is 32.2. The van der Waals surface area contributed by atoms with Crippen LogP contribution in [-0.4, -0.2) is 34.4 Å². The summed E-state index contributed by atoms with van der Waals surface area (Å²) in [5, 5.41) is 8.93. The van der Waals surface area contributed by atoms with Gasteiger partial charge in [0.1, 0.15) is 0 Å². The molecule has 1 aliphatic rings. The molecular weight excluding hydrogens is 282 g/mol. The van der Waals surface area contributed by atoms with Crippen LogP contribution in [0.15, 0.2) is 6.20 Å². The maximum Gasteiger partial charge on any atom is 0.161 e. The van der Waals surface area contributed by atoms with Crippen molar-refractivity contribution in [2.75, 3.05) is 19.4 Å². The summed E-state index contributed by atoms with van der Waals surface area (Å²) in [4.78, 5) is 0. The lowest BCUT2D eigenvalue weighted by Crippen LogP contribution is -2.34. The number of aromatic nitrogens is 2. The summed E-state index contributed by atoms with van der Waals surface area (Å²) in [6.07, 6.45) is 8.10. The van der Waals surface area contributed by atoms with Gasteiger partial charge in [-0.25, -0.2) is 0 Å². The van der Waals surface area contributed by atoms with Gasteiger partial charge in [-0.1, -0.05) is 20.3 Å². The Morgan fingerprint density at radius 3 is 2.90 bits per heavy atom. The summed E-state index contributed by atoms with van der Waals surface area (Å²) in [7, 11) is 1.75. The average molecular weight is 311 g/mol. The number of methoxy groups -OCH3 is 1. The van der Waals surface area contributed by atoms with Gasteiger partial charge in [0.2, 0.25) is 0 Å². The van der Waals surface area contributed by atoms with Gasteiger partial charge >= 0.3 is 0 Å². The van der Waals surface area contributed by atoms with Crippen molar-refractivity contribution in [3.8, 4) is 5.75 Å². The minimum Gasteiger partial charge on any atom is -0.493 e. The second-order valence-electron chi connectivity index (χ2n) is 5.66. The van der Waals surface area contributed by atoms with E-state index in [1.165, 1.54) is 30.7 Å². The molecule has 2 rings (SSSR count). The Kier molecular flexibility index (Phi) is 6.90. The Labute approximate surface area is 133 Å². The van der Waals surface area contributed by atoms with Crippen molar-refractivity contribution in [3.63, 3.8) is 0 Å². The maximum absolute atomic E-state index is 5.59. The molecule has 120 valence electrons. The number of hydrogen-bond donors (Lipinski definition) is 1. The molecule has 0 bridgehead atoms. The molecule has 1 saturated heterocycles. The molecule has 0 amide bonds. The third kappa shape index (κ3) is 4.16. The lowest BCUT2D eigenvalue weighted by Gasteiger charge is -2.31. The van der Waals surface area contributed by atoms with Gasteiger partial charge in [-0.15, -0.1) is 0 Å². The monoisotopic (exact) mass is 311 g/mol. The number of nitrogens with one attached hydrogen (secondary N) is 1. The van der Waals surface area contributed by atoms with E-state index in [0.717, 1.165) is 31.7 Å². The molecule has 0 saturated carbocycles. The van der Waals surface area contributed by atoms with E-state index in [4.69, 9.17) is 4.74 Å². The fourth-order valence-electron chi connectivity index (χ4n) is 2.97. The van der Waals surface area contributed by atoms with Crippen LogP contribution in [0.3, 0.4) is 0 Å². The molecule has 0 radical (unpaired) electrons. The highest BCUT2D eigenvalue weighted by Gasteiger charge is 2.30. The van der Waals surface area contributed by atoms with Gasteiger partial charge in [0, 0.05) is 11.8 Å². The Balaban J connectivity index is 2.27. The number of rotatable bonds is 8. The fourth-order valence-corrected chi connectivity index (χ4v) is 4.40. The van der Waals surface area contributed by atoms with Crippen LogP contribution < -0.4 is 10.1 Å². The van der Waals surface area contributed by atoms with E-state index in [1.54, 1.807) is 7.11 Å². The molecule has 0 aliphatic carbocycles. The van der Waals surface area contributed by atoms with Crippen molar-refractivity contribution in [2.45, 2.75) is 63.8 Å². The highest BCUT2D eigenvalue weighted by molar-refractivity contribution is 8.00.